The second-order valence-corrected chi connectivity index (χ2v) is 3.52. The lowest BCUT2D eigenvalue weighted by atomic mass is 10.2. The number of oxazole rings is 1. The summed E-state index contributed by atoms with van der Waals surface area (Å²) < 4.78 is 31.9. The first kappa shape index (κ1) is 10.6. The minimum absolute atomic E-state index is 0.0405. The molecule has 0 saturated heterocycles. The first-order valence-electron chi connectivity index (χ1n) is 4.68. The highest BCUT2D eigenvalue weighted by atomic mass is 19.1. The van der Waals surface area contributed by atoms with Crippen molar-refractivity contribution in [2.45, 2.75) is 13.8 Å². The molecule has 0 radical (unpaired) electrons. The summed E-state index contributed by atoms with van der Waals surface area (Å²) in [7, 11) is 0. The number of hydrogen-bond acceptors (Lipinski definition) is 3. The van der Waals surface area contributed by atoms with Crippen LogP contribution >= 0.6 is 0 Å². The fraction of sp³-hybridized carbons (Fsp3) is 0.182. The van der Waals surface area contributed by atoms with Crippen molar-refractivity contribution in [3.05, 3.63) is 35.2 Å². The molecule has 0 saturated carbocycles. The highest BCUT2D eigenvalue weighted by Crippen LogP contribution is 2.28. The van der Waals surface area contributed by atoms with Crippen LogP contribution in [0.4, 0.5) is 14.5 Å². The summed E-state index contributed by atoms with van der Waals surface area (Å²) in [6.07, 6.45) is 0. The van der Waals surface area contributed by atoms with Gasteiger partial charge in [-0.05, 0) is 26.0 Å². The van der Waals surface area contributed by atoms with Gasteiger partial charge in [-0.15, -0.1) is 0 Å². The topological polar surface area (TPSA) is 52.0 Å². The summed E-state index contributed by atoms with van der Waals surface area (Å²) >= 11 is 0. The molecule has 1 aromatic heterocycles. The molecule has 16 heavy (non-hydrogen) atoms. The lowest BCUT2D eigenvalue weighted by Crippen LogP contribution is -1.95. The van der Waals surface area contributed by atoms with Crippen LogP contribution in [-0.2, 0) is 0 Å². The molecule has 1 aromatic carbocycles. The third-order valence-corrected chi connectivity index (χ3v) is 2.32. The van der Waals surface area contributed by atoms with Gasteiger partial charge < -0.3 is 10.2 Å². The summed E-state index contributed by atoms with van der Waals surface area (Å²) in [6.45, 7) is 3.43. The van der Waals surface area contributed by atoms with E-state index in [-0.39, 0.29) is 17.1 Å². The number of anilines is 1. The van der Waals surface area contributed by atoms with Crippen LogP contribution in [-0.4, -0.2) is 4.98 Å². The van der Waals surface area contributed by atoms with Gasteiger partial charge in [0.2, 0.25) is 5.89 Å². The lowest BCUT2D eigenvalue weighted by molar-refractivity contribution is 0.531. The Bertz CT molecular complexity index is 530. The zero-order chi connectivity index (χ0) is 11.9. The van der Waals surface area contributed by atoms with Gasteiger partial charge in [0.15, 0.2) is 5.82 Å². The number of hydrogen-bond donors (Lipinski definition) is 1. The number of aryl methyl sites for hydroxylation is 2. The van der Waals surface area contributed by atoms with E-state index in [1.165, 1.54) is 0 Å². The Morgan fingerprint density at radius 1 is 1.25 bits per heavy atom. The third kappa shape index (κ3) is 1.64. The predicted octanol–water partition coefficient (Wildman–Crippen LogP) is 2.82. The summed E-state index contributed by atoms with van der Waals surface area (Å²) in [6, 6.07) is 1.93. The molecular formula is C11H10F2N2O. The fourth-order valence-corrected chi connectivity index (χ4v) is 1.35. The van der Waals surface area contributed by atoms with Gasteiger partial charge in [0.05, 0.1) is 16.9 Å². The number of nitrogens with two attached hydrogens (primary N) is 1. The van der Waals surface area contributed by atoms with E-state index in [0.717, 1.165) is 12.1 Å². The molecule has 2 aromatic rings. The highest BCUT2D eigenvalue weighted by Gasteiger charge is 2.16. The molecule has 0 fully saturated rings. The maximum absolute atomic E-state index is 13.6. The van der Waals surface area contributed by atoms with Crippen LogP contribution < -0.4 is 5.73 Å². The minimum atomic E-state index is -0.720. The van der Waals surface area contributed by atoms with Crippen LogP contribution in [0.15, 0.2) is 16.5 Å². The second-order valence-electron chi connectivity index (χ2n) is 3.52. The zero-order valence-electron chi connectivity index (χ0n) is 8.84. The Hall–Kier alpha value is -1.91. The molecule has 0 aliphatic rings. The summed E-state index contributed by atoms with van der Waals surface area (Å²) in [5.41, 5.74) is 5.63. The molecule has 0 bridgehead atoms. The van der Waals surface area contributed by atoms with E-state index in [9.17, 15) is 8.78 Å². The van der Waals surface area contributed by atoms with Crippen LogP contribution in [0.25, 0.3) is 11.5 Å². The maximum atomic E-state index is 13.6. The van der Waals surface area contributed by atoms with E-state index in [0.29, 0.717) is 11.5 Å². The van der Waals surface area contributed by atoms with Crippen molar-refractivity contribution in [2.75, 3.05) is 5.73 Å². The quantitative estimate of drug-likeness (QED) is 0.758. The average Bonchev–Trinajstić information content (AvgIpc) is 2.53. The molecule has 0 spiro atoms. The van der Waals surface area contributed by atoms with Crippen molar-refractivity contribution in [1.29, 1.82) is 0 Å². The van der Waals surface area contributed by atoms with Crippen molar-refractivity contribution >= 4 is 5.69 Å². The van der Waals surface area contributed by atoms with Gasteiger partial charge in [0.25, 0.3) is 0 Å². The molecule has 84 valence electrons. The zero-order valence-corrected chi connectivity index (χ0v) is 8.84. The van der Waals surface area contributed by atoms with Gasteiger partial charge in [-0.2, -0.15) is 0 Å². The molecule has 2 N–H and O–H groups in total. The molecule has 0 aliphatic heterocycles. The number of rotatable bonds is 1. The van der Waals surface area contributed by atoms with Gasteiger partial charge in [0.1, 0.15) is 11.6 Å². The first-order valence-corrected chi connectivity index (χ1v) is 4.68. The Balaban J connectivity index is 2.63. The highest BCUT2D eigenvalue weighted by molar-refractivity contribution is 5.62. The van der Waals surface area contributed by atoms with Gasteiger partial charge in [-0.1, -0.05) is 0 Å². The number of nitrogen functional groups attached to an aromatic ring is 1. The van der Waals surface area contributed by atoms with E-state index in [2.05, 4.69) is 4.98 Å². The van der Waals surface area contributed by atoms with Crippen LogP contribution in [0.3, 0.4) is 0 Å². The van der Waals surface area contributed by atoms with Gasteiger partial charge in [-0.3, -0.25) is 0 Å². The molecule has 5 heteroatoms. The second kappa shape index (κ2) is 3.59. The summed E-state index contributed by atoms with van der Waals surface area (Å²) in [5.74, 6) is -0.735. The van der Waals surface area contributed by atoms with Crippen molar-refractivity contribution in [3.8, 4) is 11.5 Å². The summed E-state index contributed by atoms with van der Waals surface area (Å²) in [4.78, 5) is 3.99. The molecule has 0 aliphatic carbocycles. The number of benzene rings is 1. The number of aromatic nitrogens is 1. The van der Waals surface area contributed by atoms with Crippen molar-refractivity contribution in [2.24, 2.45) is 0 Å². The van der Waals surface area contributed by atoms with Crippen LogP contribution in [0, 0.1) is 25.5 Å². The standard InChI is InChI=1S/C11H10F2N2O/c1-5-6(2)16-11(15-5)8-3-7(12)4-9(14)10(8)13/h3-4H,14H2,1-2H3. The first-order chi connectivity index (χ1) is 7.49. The number of halogens is 2. The lowest BCUT2D eigenvalue weighted by Gasteiger charge is -2.01. The molecule has 3 nitrogen and oxygen atoms in total. The van der Waals surface area contributed by atoms with Crippen molar-refractivity contribution < 1.29 is 13.2 Å². The van der Waals surface area contributed by atoms with Gasteiger partial charge >= 0.3 is 0 Å². The van der Waals surface area contributed by atoms with Gasteiger partial charge in [0, 0.05) is 0 Å². The van der Waals surface area contributed by atoms with E-state index >= 15 is 0 Å². The number of nitrogens with zero attached hydrogens (tertiary/aromatic N) is 1. The Labute approximate surface area is 90.9 Å². The third-order valence-electron chi connectivity index (χ3n) is 2.32. The molecule has 0 unspecified atom stereocenters. The summed E-state index contributed by atoms with van der Waals surface area (Å²) in [5, 5.41) is 0. The SMILES string of the molecule is Cc1nc(-c2cc(F)cc(N)c2F)oc1C. The molecule has 0 atom stereocenters. The van der Waals surface area contributed by atoms with E-state index in [1.54, 1.807) is 13.8 Å². The smallest absolute Gasteiger partial charge is 0.229 e. The normalized spacial score (nSPS) is 10.8. The average molecular weight is 224 g/mol. The minimum Gasteiger partial charge on any atom is -0.441 e. The van der Waals surface area contributed by atoms with E-state index in [1.807, 2.05) is 0 Å². The van der Waals surface area contributed by atoms with E-state index in [4.69, 9.17) is 10.2 Å². The maximum Gasteiger partial charge on any atom is 0.229 e. The molecule has 2 rings (SSSR count). The molecule has 0 amide bonds. The largest absolute Gasteiger partial charge is 0.441 e. The van der Waals surface area contributed by atoms with Crippen LogP contribution in [0.2, 0.25) is 0 Å². The Kier molecular flexibility index (Phi) is 2.38. The van der Waals surface area contributed by atoms with Crippen LogP contribution in [0.5, 0.6) is 0 Å². The monoisotopic (exact) mass is 224 g/mol. The van der Waals surface area contributed by atoms with Crippen molar-refractivity contribution in [3.63, 3.8) is 0 Å². The predicted molar refractivity (Wildman–Crippen MR) is 55.7 cm³/mol. The van der Waals surface area contributed by atoms with E-state index < -0.39 is 11.6 Å². The van der Waals surface area contributed by atoms with Crippen molar-refractivity contribution in [1.82, 2.24) is 4.98 Å². The molecular weight excluding hydrogens is 214 g/mol. The Morgan fingerprint density at radius 3 is 2.50 bits per heavy atom. The Morgan fingerprint density at radius 2 is 1.94 bits per heavy atom. The van der Waals surface area contributed by atoms with Gasteiger partial charge in [-0.25, -0.2) is 13.8 Å². The van der Waals surface area contributed by atoms with Crippen LogP contribution in [0.1, 0.15) is 11.5 Å². The molecule has 1 heterocycles. The fourth-order valence-electron chi connectivity index (χ4n) is 1.35.